The van der Waals surface area contributed by atoms with Crippen molar-refractivity contribution in [2.24, 2.45) is 0 Å². The first-order chi connectivity index (χ1) is 9.72. The molecule has 0 radical (unpaired) electrons. The number of nitrogens with one attached hydrogen (secondary N) is 1. The third-order valence-corrected chi connectivity index (χ3v) is 3.58. The second-order valence-corrected chi connectivity index (χ2v) is 5.07. The predicted molar refractivity (Wildman–Crippen MR) is 74.9 cm³/mol. The van der Waals surface area contributed by atoms with Gasteiger partial charge in [0, 0.05) is 17.7 Å². The number of aryl methyl sites for hydroxylation is 1. The lowest BCUT2D eigenvalue weighted by Crippen LogP contribution is -2.31. The molecule has 0 fully saturated rings. The summed E-state index contributed by atoms with van der Waals surface area (Å²) in [5.74, 6) is 0.966. The van der Waals surface area contributed by atoms with Crippen LogP contribution in [0.5, 0.6) is 0 Å². The fraction of sp³-hybridized carbons (Fsp3) is 0.333. The van der Waals surface area contributed by atoms with E-state index in [-0.39, 0.29) is 18.4 Å². The number of carbonyl (C=O) groups excluding carboxylic acids is 1. The number of rotatable bonds is 3. The molecule has 1 amide bonds. The van der Waals surface area contributed by atoms with Gasteiger partial charge < -0.3 is 15.5 Å². The molecule has 2 aromatic rings. The fourth-order valence-corrected chi connectivity index (χ4v) is 2.59. The Hall–Kier alpha value is -2.30. The molecule has 0 aromatic carbocycles. The van der Waals surface area contributed by atoms with Crippen LogP contribution < -0.4 is 11.1 Å². The largest absolute Gasteiger partial charge is 0.469 e. The van der Waals surface area contributed by atoms with Crippen molar-refractivity contribution in [1.29, 1.82) is 0 Å². The van der Waals surface area contributed by atoms with Crippen LogP contribution in [0.1, 0.15) is 35.9 Å². The van der Waals surface area contributed by atoms with Crippen molar-refractivity contribution in [2.75, 3.05) is 5.73 Å². The van der Waals surface area contributed by atoms with Gasteiger partial charge >= 0.3 is 0 Å². The van der Waals surface area contributed by atoms with Crippen molar-refractivity contribution >= 4 is 11.6 Å². The molecule has 1 atom stereocenters. The highest BCUT2D eigenvalue weighted by Gasteiger charge is 2.23. The van der Waals surface area contributed by atoms with Crippen LogP contribution in [-0.4, -0.2) is 10.9 Å². The number of hydrogen-bond donors (Lipinski definition) is 2. The molecule has 0 saturated carbocycles. The predicted octanol–water partition coefficient (Wildman–Crippen LogP) is 1.99. The normalized spacial score (nSPS) is 17.5. The minimum atomic E-state index is -0.0266. The van der Waals surface area contributed by atoms with E-state index in [1.54, 1.807) is 24.6 Å². The van der Waals surface area contributed by atoms with Crippen molar-refractivity contribution in [3.05, 3.63) is 47.7 Å². The summed E-state index contributed by atoms with van der Waals surface area (Å²) >= 11 is 0. The second kappa shape index (κ2) is 5.36. The Morgan fingerprint density at radius 3 is 3.15 bits per heavy atom. The molecule has 20 heavy (non-hydrogen) atoms. The van der Waals surface area contributed by atoms with Crippen LogP contribution in [-0.2, 0) is 17.6 Å². The van der Waals surface area contributed by atoms with Gasteiger partial charge in [-0.25, -0.2) is 0 Å². The van der Waals surface area contributed by atoms with E-state index >= 15 is 0 Å². The van der Waals surface area contributed by atoms with Crippen LogP contribution in [0.2, 0.25) is 0 Å². The highest BCUT2D eigenvalue weighted by atomic mass is 16.3. The van der Waals surface area contributed by atoms with Crippen LogP contribution in [0.15, 0.2) is 35.1 Å². The van der Waals surface area contributed by atoms with E-state index in [0.29, 0.717) is 5.69 Å². The molecular weight excluding hydrogens is 254 g/mol. The smallest absolute Gasteiger partial charge is 0.226 e. The first kappa shape index (κ1) is 12.7. The number of amides is 1. The molecule has 0 saturated heterocycles. The number of pyridine rings is 1. The summed E-state index contributed by atoms with van der Waals surface area (Å²) in [6, 6.07) is 5.53. The Bertz CT molecular complexity index is 604. The van der Waals surface area contributed by atoms with Gasteiger partial charge in [0.15, 0.2) is 0 Å². The quantitative estimate of drug-likeness (QED) is 0.894. The Morgan fingerprint density at radius 1 is 1.45 bits per heavy atom. The first-order valence-electron chi connectivity index (χ1n) is 6.78. The van der Waals surface area contributed by atoms with E-state index in [0.717, 1.165) is 36.3 Å². The molecule has 1 aliphatic carbocycles. The fourth-order valence-electron chi connectivity index (χ4n) is 2.59. The Kier molecular flexibility index (Phi) is 3.41. The number of furan rings is 1. The zero-order valence-electron chi connectivity index (χ0n) is 11.1. The van der Waals surface area contributed by atoms with Crippen LogP contribution in [0.3, 0.4) is 0 Å². The maximum atomic E-state index is 12.1. The number of aromatic nitrogens is 1. The number of carbonyl (C=O) groups is 1. The summed E-state index contributed by atoms with van der Waals surface area (Å²) in [6.45, 7) is 0. The second-order valence-electron chi connectivity index (χ2n) is 5.07. The van der Waals surface area contributed by atoms with Crippen molar-refractivity contribution in [3.63, 3.8) is 0 Å². The highest BCUT2D eigenvalue weighted by molar-refractivity contribution is 5.78. The molecule has 0 bridgehead atoms. The maximum absolute atomic E-state index is 12.1. The number of hydrogen-bond acceptors (Lipinski definition) is 4. The molecule has 104 valence electrons. The van der Waals surface area contributed by atoms with E-state index in [4.69, 9.17) is 10.2 Å². The van der Waals surface area contributed by atoms with E-state index in [1.807, 2.05) is 6.07 Å². The van der Waals surface area contributed by atoms with Crippen LogP contribution in [0, 0.1) is 0 Å². The van der Waals surface area contributed by atoms with Gasteiger partial charge in [-0.15, -0.1) is 0 Å². The van der Waals surface area contributed by atoms with Crippen LogP contribution in [0.4, 0.5) is 5.69 Å². The summed E-state index contributed by atoms with van der Waals surface area (Å²) in [5.41, 5.74) is 8.00. The number of fused-ring (bicyclic) bond motifs is 1. The first-order valence-corrected chi connectivity index (χ1v) is 6.78. The van der Waals surface area contributed by atoms with Crippen LogP contribution in [0.25, 0.3) is 0 Å². The van der Waals surface area contributed by atoms with Crippen molar-refractivity contribution in [2.45, 2.75) is 31.7 Å². The summed E-state index contributed by atoms with van der Waals surface area (Å²) < 4.78 is 5.42. The van der Waals surface area contributed by atoms with Gasteiger partial charge in [0.2, 0.25) is 5.91 Å². The molecule has 2 aromatic heterocycles. The van der Waals surface area contributed by atoms with E-state index < -0.39 is 0 Å². The summed E-state index contributed by atoms with van der Waals surface area (Å²) in [5, 5.41) is 3.05. The topological polar surface area (TPSA) is 81.2 Å². The Balaban J connectivity index is 1.64. The van der Waals surface area contributed by atoms with Crippen molar-refractivity contribution in [1.82, 2.24) is 10.3 Å². The molecular formula is C15H17N3O2. The SMILES string of the molecule is Nc1ccc(CC(=O)NC2CCCc3occc32)nc1. The minimum Gasteiger partial charge on any atom is -0.469 e. The number of anilines is 1. The Labute approximate surface area is 117 Å². The molecule has 5 nitrogen and oxygen atoms in total. The summed E-state index contributed by atoms with van der Waals surface area (Å²) in [7, 11) is 0. The summed E-state index contributed by atoms with van der Waals surface area (Å²) in [6.07, 6.45) is 6.46. The van der Waals surface area contributed by atoms with Gasteiger partial charge in [0.1, 0.15) is 5.76 Å². The van der Waals surface area contributed by atoms with Gasteiger partial charge in [-0.3, -0.25) is 9.78 Å². The number of nitrogen functional groups attached to an aromatic ring is 1. The maximum Gasteiger partial charge on any atom is 0.226 e. The summed E-state index contributed by atoms with van der Waals surface area (Å²) in [4.78, 5) is 16.2. The molecule has 3 rings (SSSR count). The van der Waals surface area contributed by atoms with Crippen molar-refractivity contribution in [3.8, 4) is 0 Å². The van der Waals surface area contributed by atoms with Gasteiger partial charge in [-0.2, -0.15) is 0 Å². The highest BCUT2D eigenvalue weighted by Crippen LogP contribution is 2.30. The van der Waals surface area contributed by atoms with Gasteiger partial charge in [-0.1, -0.05) is 0 Å². The van der Waals surface area contributed by atoms with Crippen molar-refractivity contribution < 1.29 is 9.21 Å². The molecule has 5 heteroatoms. The molecule has 3 N–H and O–H groups in total. The van der Waals surface area contributed by atoms with E-state index in [1.165, 1.54) is 0 Å². The lowest BCUT2D eigenvalue weighted by atomic mass is 9.93. The minimum absolute atomic E-state index is 0.0266. The Morgan fingerprint density at radius 2 is 2.35 bits per heavy atom. The van der Waals surface area contributed by atoms with Crippen LogP contribution >= 0.6 is 0 Å². The molecule has 2 heterocycles. The van der Waals surface area contributed by atoms with Gasteiger partial charge in [0.25, 0.3) is 0 Å². The lowest BCUT2D eigenvalue weighted by molar-refractivity contribution is -0.121. The molecule has 1 aliphatic rings. The van der Waals surface area contributed by atoms with Gasteiger partial charge in [0.05, 0.1) is 30.6 Å². The third kappa shape index (κ3) is 2.66. The monoisotopic (exact) mass is 271 g/mol. The average Bonchev–Trinajstić information content (AvgIpc) is 2.91. The zero-order valence-corrected chi connectivity index (χ0v) is 11.1. The van der Waals surface area contributed by atoms with E-state index in [2.05, 4.69) is 10.3 Å². The molecule has 0 spiro atoms. The van der Waals surface area contributed by atoms with E-state index in [9.17, 15) is 4.79 Å². The van der Waals surface area contributed by atoms with Gasteiger partial charge in [-0.05, 0) is 31.0 Å². The molecule has 0 aliphatic heterocycles. The standard InChI is InChI=1S/C15H17N3O2/c16-10-4-5-11(17-9-10)8-15(19)18-13-2-1-3-14-12(13)6-7-20-14/h4-7,9,13H,1-3,8,16H2,(H,18,19). The lowest BCUT2D eigenvalue weighted by Gasteiger charge is -2.22. The average molecular weight is 271 g/mol. The molecule has 1 unspecified atom stereocenters. The third-order valence-electron chi connectivity index (χ3n) is 3.58. The number of nitrogens with two attached hydrogens (primary N) is 1. The number of nitrogens with zero attached hydrogens (tertiary/aromatic N) is 1. The zero-order chi connectivity index (χ0) is 13.9.